The number of nitrogens with zero attached hydrogens (tertiary/aromatic N) is 1. The summed E-state index contributed by atoms with van der Waals surface area (Å²) in [5.41, 5.74) is 8.72. The quantitative estimate of drug-likeness (QED) is 0.808. The Labute approximate surface area is 110 Å². The third kappa shape index (κ3) is 2.68. The molecule has 0 radical (unpaired) electrons. The van der Waals surface area contributed by atoms with Gasteiger partial charge < -0.3 is 15.7 Å². The minimum Gasteiger partial charge on any atom is -0.394 e. The van der Waals surface area contributed by atoms with E-state index in [-0.39, 0.29) is 18.7 Å². The van der Waals surface area contributed by atoms with Crippen LogP contribution in [-0.4, -0.2) is 30.3 Å². The van der Waals surface area contributed by atoms with E-state index >= 15 is 0 Å². The Morgan fingerprint density at radius 2 is 2.06 bits per heavy atom. The Balaban J connectivity index is 2.22. The highest BCUT2D eigenvalue weighted by Gasteiger charge is 2.36. The van der Waals surface area contributed by atoms with Gasteiger partial charge in [-0.05, 0) is 44.2 Å². The Bertz CT molecular complexity index is 390. The number of anilines is 1. The van der Waals surface area contributed by atoms with E-state index in [2.05, 4.69) is 30.9 Å². The van der Waals surface area contributed by atoms with Crippen LogP contribution >= 0.6 is 0 Å². The van der Waals surface area contributed by atoms with Gasteiger partial charge in [-0.15, -0.1) is 0 Å². The standard InChI is InChI=1S/C15H24N2O/c1-3-17(13-7-5-4-6-11(13)2)14(10-18)15(16)12-8-9-12/h4-7,12,14-15,18H,3,8-10,16H2,1-2H3. The third-order valence-corrected chi connectivity index (χ3v) is 3.96. The minimum absolute atomic E-state index is 0.0311. The van der Waals surface area contributed by atoms with E-state index in [9.17, 15) is 5.11 Å². The zero-order chi connectivity index (χ0) is 13.1. The summed E-state index contributed by atoms with van der Waals surface area (Å²) < 4.78 is 0. The third-order valence-electron chi connectivity index (χ3n) is 3.96. The number of likely N-dealkylation sites (N-methyl/N-ethyl adjacent to an activating group) is 1. The molecule has 1 aliphatic rings. The molecule has 1 saturated carbocycles. The van der Waals surface area contributed by atoms with Crippen LogP contribution in [-0.2, 0) is 0 Å². The first-order valence-corrected chi connectivity index (χ1v) is 6.87. The molecule has 0 spiro atoms. The maximum Gasteiger partial charge on any atom is 0.0674 e. The highest BCUT2D eigenvalue weighted by atomic mass is 16.3. The molecule has 18 heavy (non-hydrogen) atoms. The number of hydrogen-bond donors (Lipinski definition) is 2. The van der Waals surface area contributed by atoms with Crippen molar-refractivity contribution in [2.24, 2.45) is 11.7 Å². The highest BCUT2D eigenvalue weighted by Crippen LogP contribution is 2.35. The summed E-state index contributed by atoms with van der Waals surface area (Å²) in [5.74, 6) is 0.597. The minimum atomic E-state index is 0.0311. The molecule has 3 nitrogen and oxygen atoms in total. The lowest BCUT2D eigenvalue weighted by atomic mass is 10.0. The number of aliphatic hydroxyl groups excluding tert-OH is 1. The first-order valence-electron chi connectivity index (χ1n) is 6.87. The fourth-order valence-electron chi connectivity index (χ4n) is 2.69. The van der Waals surface area contributed by atoms with Crippen LogP contribution in [0.5, 0.6) is 0 Å². The molecule has 0 aromatic heterocycles. The molecule has 1 fully saturated rings. The van der Waals surface area contributed by atoms with Crippen LogP contribution in [0.25, 0.3) is 0 Å². The van der Waals surface area contributed by atoms with Gasteiger partial charge in [0.1, 0.15) is 0 Å². The largest absolute Gasteiger partial charge is 0.394 e. The van der Waals surface area contributed by atoms with Crippen LogP contribution in [0, 0.1) is 12.8 Å². The van der Waals surface area contributed by atoms with Gasteiger partial charge in [0.2, 0.25) is 0 Å². The van der Waals surface area contributed by atoms with Crippen LogP contribution in [0.3, 0.4) is 0 Å². The SMILES string of the molecule is CCN(c1ccccc1C)C(CO)C(N)C1CC1. The van der Waals surface area contributed by atoms with Crippen LogP contribution < -0.4 is 10.6 Å². The average Bonchev–Trinajstić information content (AvgIpc) is 3.20. The summed E-state index contributed by atoms with van der Waals surface area (Å²) in [5, 5.41) is 9.71. The van der Waals surface area contributed by atoms with E-state index in [0.717, 1.165) is 6.54 Å². The van der Waals surface area contributed by atoms with Crippen molar-refractivity contribution in [1.82, 2.24) is 0 Å². The van der Waals surface area contributed by atoms with E-state index in [1.807, 2.05) is 12.1 Å². The molecular weight excluding hydrogens is 224 g/mol. The lowest BCUT2D eigenvalue weighted by Gasteiger charge is -2.36. The van der Waals surface area contributed by atoms with Crippen molar-refractivity contribution in [3.8, 4) is 0 Å². The maximum absolute atomic E-state index is 9.71. The number of benzene rings is 1. The van der Waals surface area contributed by atoms with Crippen molar-refractivity contribution in [3.63, 3.8) is 0 Å². The molecule has 100 valence electrons. The number of hydrogen-bond acceptors (Lipinski definition) is 3. The van der Waals surface area contributed by atoms with Gasteiger partial charge in [0, 0.05) is 18.3 Å². The van der Waals surface area contributed by atoms with Crippen molar-refractivity contribution < 1.29 is 5.11 Å². The van der Waals surface area contributed by atoms with Gasteiger partial charge in [0.15, 0.2) is 0 Å². The fourth-order valence-corrected chi connectivity index (χ4v) is 2.69. The van der Waals surface area contributed by atoms with Crippen molar-refractivity contribution >= 4 is 5.69 Å². The lowest BCUT2D eigenvalue weighted by molar-refractivity contribution is 0.235. The summed E-state index contributed by atoms with van der Waals surface area (Å²) >= 11 is 0. The molecular formula is C15H24N2O. The normalized spacial score (nSPS) is 18.4. The first kappa shape index (κ1) is 13.4. The van der Waals surface area contributed by atoms with E-state index < -0.39 is 0 Å². The predicted molar refractivity (Wildman–Crippen MR) is 75.8 cm³/mol. The average molecular weight is 248 g/mol. The second kappa shape index (κ2) is 5.72. The highest BCUT2D eigenvalue weighted by molar-refractivity contribution is 5.54. The molecule has 2 atom stereocenters. The molecule has 0 saturated heterocycles. The molecule has 3 N–H and O–H groups in total. The van der Waals surface area contributed by atoms with Crippen LogP contribution in [0.4, 0.5) is 5.69 Å². The Kier molecular flexibility index (Phi) is 4.25. The second-order valence-electron chi connectivity index (χ2n) is 5.24. The topological polar surface area (TPSA) is 49.5 Å². The molecule has 1 aliphatic carbocycles. The predicted octanol–water partition coefficient (Wildman–Crippen LogP) is 1.92. The van der Waals surface area contributed by atoms with Gasteiger partial charge in [-0.3, -0.25) is 0 Å². The summed E-state index contributed by atoms with van der Waals surface area (Å²) in [7, 11) is 0. The number of aliphatic hydroxyl groups is 1. The number of para-hydroxylation sites is 1. The van der Waals surface area contributed by atoms with Gasteiger partial charge in [-0.2, -0.15) is 0 Å². The molecule has 2 rings (SSSR count). The van der Waals surface area contributed by atoms with Gasteiger partial charge in [0.05, 0.1) is 12.6 Å². The van der Waals surface area contributed by atoms with E-state index in [0.29, 0.717) is 5.92 Å². The van der Waals surface area contributed by atoms with E-state index in [1.165, 1.54) is 24.1 Å². The van der Waals surface area contributed by atoms with Crippen molar-refractivity contribution in [3.05, 3.63) is 29.8 Å². The van der Waals surface area contributed by atoms with Gasteiger partial charge >= 0.3 is 0 Å². The number of nitrogens with two attached hydrogens (primary N) is 1. The van der Waals surface area contributed by atoms with Crippen molar-refractivity contribution in [2.45, 2.75) is 38.8 Å². The first-order chi connectivity index (χ1) is 8.69. The number of aryl methyl sites for hydroxylation is 1. The zero-order valence-electron chi connectivity index (χ0n) is 11.3. The van der Waals surface area contributed by atoms with Crippen LogP contribution in [0.2, 0.25) is 0 Å². The molecule has 2 unspecified atom stereocenters. The molecule has 1 aromatic rings. The monoisotopic (exact) mass is 248 g/mol. The van der Waals surface area contributed by atoms with E-state index in [4.69, 9.17) is 5.73 Å². The molecule has 0 aliphatic heterocycles. The molecule has 1 aromatic carbocycles. The fraction of sp³-hybridized carbons (Fsp3) is 0.600. The summed E-state index contributed by atoms with van der Waals surface area (Å²) in [6.45, 7) is 5.22. The van der Waals surface area contributed by atoms with Gasteiger partial charge in [-0.1, -0.05) is 18.2 Å². The maximum atomic E-state index is 9.71. The Hall–Kier alpha value is -1.06. The zero-order valence-corrected chi connectivity index (χ0v) is 11.3. The number of rotatable bonds is 6. The van der Waals surface area contributed by atoms with Gasteiger partial charge in [-0.25, -0.2) is 0 Å². The second-order valence-corrected chi connectivity index (χ2v) is 5.24. The Morgan fingerprint density at radius 1 is 1.39 bits per heavy atom. The van der Waals surface area contributed by atoms with Crippen molar-refractivity contribution in [1.29, 1.82) is 0 Å². The molecule has 0 bridgehead atoms. The molecule has 3 heteroatoms. The lowest BCUT2D eigenvalue weighted by Crippen LogP contribution is -2.51. The van der Waals surface area contributed by atoms with Crippen LogP contribution in [0.15, 0.2) is 24.3 Å². The summed E-state index contributed by atoms with van der Waals surface area (Å²) in [6, 6.07) is 8.41. The summed E-state index contributed by atoms with van der Waals surface area (Å²) in [4.78, 5) is 2.25. The van der Waals surface area contributed by atoms with Crippen LogP contribution in [0.1, 0.15) is 25.3 Å². The molecule has 0 heterocycles. The Morgan fingerprint density at radius 3 is 2.56 bits per heavy atom. The smallest absolute Gasteiger partial charge is 0.0674 e. The van der Waals surface area contributed by atoms with Gasteiger partial charge in [0.25, 0.3) is 0 Å². The molecule has 0 amide bonds. The van der Waals surface area contributed by atoms with E-state index in [1.54, 1.807) is 0 Å². The van der Waals surface area contributed by atoms with Crippen molar-refractivity contribution in [2.75, 3.05) is 18.1 Å². The summed E-state index contributed by atoms with van der Waals surface area (Å²) in [6.07, 6.45) is 2.42.